The molecular formula is C17H17NO. The number of para-hydroxylation sites is 1. The fourth-order valence-corrected chi connectivity index (χ4v) is 1.82. The molecule has 0 spiro atoms. The Balaban J connectivity index is 2.22. The van der Waals surface area contributed by atoms with E-state index in [2.05, 4.69) is 17.0 Å². The summed E-state index contributed by atoms with van der Waals surface area (Å²) in [6.07, 6.45) is 3.43. The van der Waals surface area contributed by atoms with Crippen molar-refractivity contribution in [2.75, 3.05) is 4.90 Å². The van der Waals surface area contributed by atoms with Crippen LogP contribution < -0.4 is 4.90 Å². The van der Waals surface area contributed by atoms with Crippen molar-refractivity contribution in [2.45, 2.75) is 13.5 Å². The number of ketones is 1. The van der Waals surface area contributed by atoms with Gasteiger partial charge in [0.1, 0.15) is 0 Å². The van der Waals surface area contributed by atoms with Crippen LogP contribution >= 0.6 is 0 Å². The molecule has 0 aliphatic heterocycles. The predicted molar refractivity (Wildman–Crippen MR) is 78.9 cm³/mol. The molecule has 0 bridgehead atoms. The molecule has 19 heavy (non-hydrogen) atoms. The molecule has 0 saturated heterocycles. The van der Waals surface area contributed by atoms with E-state index in [-0.39, 0.29) is 5.78 Å². The first-order chi connectivity index (χ1) is 9.25. The van der Waals surface area contributed by atoms with Gasteiger partial charge in [-0.3, -0.25) is 4.79 Å². The third-order valence-electron chi connectivity index (χ3n) is 2.77. The highest BCUT2D eigenvalue weighted by molar-refractivity contribution is 5.87. The Hall–Kier alpha value is -2.35. The second-order valence-electron chi connectivity index (χ2n) is 4.38. The lowest BCUT2D eigenvalue weighted by molar-refractivity contribution is -0.112. The van der Waals surface area contributed by atoms with Crippen LogP contribution in [0.5, 0.6) is 0 Å². The fourth-order valence-electron chi connectivity index (χ4n) is 1.82. The molecule has 0 aromatic heterocycles. The van der Waals surface area contributed by atoms with Crippen LogP contribution in [-0.4, -0.2) is 5.78 Å². The van der Waals surface area contributed by atoms with Gasteiger partial charge in [0.15, 0.2) is 5.78 Å². The summed E-state index contributed by atoms with van der Waals surface area (Å²) in [5, 5.41) is 0. The monoisotopic (exact) mass is 251 g/mol. The van der Waals surface area contributed by atoms with Crippen LogP contribution in [0.1, 0.15) is 12.5 Å². The van der Waals surface area contributed by atoms with Crippen LogP contribution in [0.15, 0.2) is 72.9 Å². The quantitative estimate of drug-likeness (QED) is 0.753. The molecule has 0 N–H and O–H groups in total. The highest BCUT2D eigenvalue weighted by Gasteiger charge is 2.03. The lowest BCUT2D eigenvalue weighted by Crippen LogP contribution is -2.15. The van der Waals surface area contributed by atoms with E-state index in [9.17, 15) is 4.79 Å². The number of hydrogen-bond donors (Lipinski definition) is 0. The van der Waals surface area contributed by atoms with Gasteiger partial charge in [-0.15, -0.1) is 0 Å². The van der Waals surface area contributed by atoms with Crippen molar-refractivity contribution in [3.05, 3.63) is 78.5 Å². The normalized spacial score (nSPS) is 10.6. The number of allylic oxidation sites excluding steroid dienone is 1. The molecule has 0 saturated carbocycles. The first kappa shape index (κ1) is 13.1. The third kappa shape index (κ3) is 4.11. The lowest BCUT2D eigenvalue weighted by atomic mass is 10.2. The molecule has 0 aliphatic carbocycles. The Morgan fingerprint density at radius 2 is 1.58 bits per heavy atom. The Labute approximate surface area is 114 Å². The van der Waals surface area contributed by atoms with E-state index in [0.717, 1.165) is 12.2 Å². The minimum Gasteiger partial charge on any atom is -0.343 e. The van der Waals surface area contributed by atoms with Crippen molar-refractivity contribution < 1.29 is 4.79 Å². The summed E-state index contributed by atoms with van der Waals surface area (Å²) < 4.78 is 0. The van der Waals surface area contributed by atoms with E-state index in [0.29, 0.717) is 0 Å². The molecule has 0 heterocycles. The minimum atomic E-state index is 0.0500. The van der Waals surface area contributed by atoms with E-state index < -0.39 is 0 Å². The molecule has 2 aromatic rings. The standard InChI is InChI=1S/C17H17NO/c1-15(19)12-13-18(17-10-6-3-7-11-17)14-16-8-4-2-5-9-16/h2-13H,14H2,1H3/b13-12+. The molecule has 0 radical (unpaired) electrons. The van der Waals surface area contributed by atoms with E-state index >= 15 is 0 Å². The van der Waals surface area contributed by atoms with Crippen LogP contribution in [0.25, 0.3) is 0 Å². The largest absolute Gasteiger partial charge is 0.343 e. The maximum absolute atomic E-state index is 11.1. The molecule has 2 heteroatoms. The van der Waals surface area contributed by atoms with E-state index in [4.69, 9.17) is 0 Å². The molecule has 0 unspecified atom stereocenters. The zero-order valence-electron chi connectivity index (χ0n) is 11.0. The zero-order valence-corrected chi connectivity index (χ0v) is 11.0. The number of hydrogen-bond acceptors (Lipinski definition) is 2. The number of rotatable bonds is 5. The van der Waals surface area contributed by atoms with Crippen molar-refractivity contribution in [1.29, 1.82) is 0 Å². The molecule has 0 aliphatic rings. The van der Waals surface area contributed by atoms with Crippen molar-refractivity contribution >= 4 is 11.5 Å². The summed E-state index contributed by atoms with van der Waals surface area (Å²) in [6.45, 7) is 2.30. The summed E-state index contributed by atoms with van der Waals surface area (Å²) in [4.78, 5) is 13.2. The van der Waals surface area contributed by atoms with Crippen molar-refractivity contribution in [3.8, 4) is 0 Å². The summed E-state index contributed by atoms with van der Waals surface area (Å²) >= 11 is 0. The van der Waals surface area contributed by atoms with Gasteiger partial charge in [-0.1, -0.05) is 48.5 Å². The molecular weight excluding hydrogens is 234 g/mol. The van der Waals surface area contributed by atoms with Crippen LogP contribution in [0.2, 0.25) is 0 Å². The topological polar surface area (TPSA) is 20.3 Å². The maximum atomic E-state index is 11.1. The predicted octanol–water partition coefficient (Wildman–Crippen LogP) is 3.80. The van der Waals surface area contributed by atoms with Crippen LogP contribution in [0, 0.1) is 0 Å². The fraction of sp³-hybridized carbons (Fsp3) is 0.118. The summed E-state index contributed by atoms with van der Waals surface area (Å²) in [6, 6.07) is 20.3. The molecule has 2 aromatic carbocycles. The van der Waals surface area contributed by atoms with Crippen LogP contribution in [0.4, 0.5) is 5.69 Å². The van der Waals surface area contributed by atoms with Gasteiger partial charge in [-0.2, -0.15) is 0 Å². The van der Waals surface area contributed by atoms with Crippen LogP contribution in [-0.2, 0) is 11.3 Å². The SMILES string of the molecule is CC(=O)/C=C/N(Cc1ccccc1)c1ccccc1. The Morgan fingerprint density at radius 3 is 2.16 bits per heavy atom. The van der Waals surface area contributed by atoms with Gasteiger partial charge in [-0.25, -0.2) is 0 Å². The average Bonchev–Trinajstić information content (AvgIpc) is 2.45. The maximum Gasteiger partial charge on any atom is 0.154 e. The van der Waals surface area contributed by atoms with E-state index in [1.807, 2.05) is 54.7 Å². The molecule has 2 rings (SSSR count). The van der Waals surface area contributed by atoms with E-state index in [1.54, 1.807) is 13.0 Å². The Kier molecular flexibility index (Phi) is 4.51. The highest BCUT2D eigenvalue weighted by atomic mass is 16.1. The summed E-state index contributed by atoms with van der Waals surface area (Å²) in [7, 11) is 0. The molecule has 0 amide bonds. The van der Waals surface area contributed by atoms with E-state index in [1.165, 1.54) is 5.56 Å². The van der Waals surface area contributed by atoms with Gasteiger partial charge in [0.25, 0.3) is 0 Å². The third-order valence-corrected chi connectivity index (χ3v) is 2.77. The average molecular weight is 251 g/mol. The minimum absolute atomic E-state index is 0.0500. The van der Waals surface area contributed by atoms with Gasteiger partial charge in [0.05, 0.1) is 0 Å². The Morgan fingerprint density at radius 1 is 1.00 bits per heavy atom. The van der Waals surface area contributed by atoms with Crippen molar-refractivity contribution in [1.82, 2.24) is 0 Å². The smallest absolute Gasteiger partial charge is 0.154 e. The number of carbonyl (C=O) groups excluding carboxylic acids is 1. The highest BCUT2D eigenvalue weighted by Crippen LogP contribution is 2.17. The second kappa shape index (κ2) is 6.55. The zero-order chi connectivity index (χ0) is 13.5. The number of carbonyl (C=O) groups is 1. The molecule has 96 valence electrons. The number of benzene rings is 2. The van der Waals surface area contributed by atoms with Gasteiger partial charge in [0.2, 0.25) is 0 Å². The number of anilines is 1. The van der Waals surface area contributed by atoms with Crippen molar-refractivity contribution in [2.24, 2.45) is 0 Å². The molecule has 0 fully saturated rings. The summed E-state index contributed by atoms with van der Waals surface area (Å²) in [5.41, 5.74) is 2.28. The van der Waals surface area contributed by atoms with Gasteiger partial charge < -0.3 is 4.90 Å². The summed E-state index contributed by atoms with van der Waals surface area (Å²) in [5.74, 6) is 0.0500. The van der Waals surface area contributed by atoms with Gasteiger partial charge in [0, 0.05) is 18.4 Å². The van der Waals surface area contributed by atoms with Gasteiger partial charge in [-0.05, 0) is 30.7 Å². The molecule has 0 atom stereocenters. The first-order valence-corrected chi connectivity index (χ1v) is 6.30. The second-order valence-corrected chi connectivity index (χ2v) is 4.38. The Bertz CT molecular complexity index is 546. The molecule has 2 nitrogen and oxygen atoms in total. The number of nitrogens with zero attached hydrogens (tertiary/aromatic N) is 1. The van der Waals surface area contributed by atoms with Gasteiger partial charge >= 0.3 is 0 Å². The lowest BCUT2D eigenvalue weighted by Gasteiger charge is -2.20. The van der Waals surface area contributed by atoms with Crippen molar-refractivity contribution in [3.63, 3.8) is 0 Å². The van der Waals surface area contributed by atoms with Crippen LogP contribution in [0.3, 0.4) is 0 Å². The first-order valence-electron chi connectivity index (χ1n) is 6.30.